The van der Waals surface area contributed by atoms with Crippen LogP contribution in [0.15, 0.2) is 24.3 Å². The number of ether oxygens (including phenoxy) is 2. The van der Waals surface area contributed by atoms with Crippen LogP contribution in [-0.2, 0) is 0 Å². The fourth-order valence-corrected chi connectivity index (χ4v) is 1.99. The number of aromatic nitrogens is 2. The lowest BCUT2D eigenvalue weighted by molar-refractivity contribution is 0.378. The van der Waals surface area contributed by atoms with Crippen molar-refractivity contribution < 1.29 is 9.47 Å². The molecule has 0 fully saturated rings. The van der Waals surface area contributed by atoms with E-state index in [0.29, 0.717) is 11.5 Å². The number of para-hydroxylation sites is 2. The lowest BCUT2D eigenvalue weighted by atomic mass is 10.3. The second-order valence-electron chi connectivity index (χ2n) is 3.16. The molecule has 1 aromatic heterocycles. The SMILES string of the molecule is COc1ccccc1Oc1c(Cl)nc(Cl)nc1Cl. The van der Waals surface area contributed by atoms with Crippen molar-refractivity contribution in [1.29, 1.82) is 0 Å². The van der Waals surface area contributed by atoms with Gasteiger partial charge in [-0.1, -0.05) is 35.3 Å². The summed E-state index contributed by atoms with van der Waals surface area (Å²) in [6.45, 7) is 0. The number of rotatable bonds is 3. The van der Waals surface area contributed by atoms with Gasteiger partial charge in [-0.2, -0.15) is 0 Å². The predicted molar refractivity (Wildman–Crippen MR) is 70.1 cm³/mol. The molecule has 0 aliphatic heterocycles. The topological polar surface area (TPSA) is 44.2 Å². The van der Waals surface area contributed by atoms with Gasteiger partial charge in [0.25, 0.3) is 0 Å². The highest BCUT2D eigenvalue weighted by Gasteiger charge is 2.15. The monoisotopic (exact) mass is 304 g/mol. The Bertz CT molecular complexity index is 555. The molecule has 0 atom stereocenters. The number of halogens is 3. The Labute approximate surface area is 118 Å². The average molecular weight is 306 g/mol. The lowest BCUT2D eigenvalue weighted by Gasteiger charge is -2.11. The molecule has 0 radical (unpaired) electrons. The molecule has 0 bridgehead atoms. The quantitative estimate of drug-likeness (QED) is 0.628. The van der Waals surface area contributed by atoms with Crippen LogP contribution in [0, 0.1) is 0 Å². The fraction of sp³-hybridized carbons (Fsp3) is 0.0909. The van der Waals surface area contributed by atoms with Crippen molar-refractivity contribution in [2.75, 3.05) is 7.11 Å². The summed E-state index contributed by atoms with van der Waals surface area (Å²) in [5.74, 6) is 1.13. The Morgan fingerprint density at radius 1 is 0.944 bits per heavy atom. The molecular formula is C11H7Cl3N2O2. The standard InChI is InChI=1S/C11H7Cl3N2O2/c1-17-6-4-2-3-5-7(6)18-8-9(12)15-11(14)16-10(8)13/h2-5H,1H3. The molecule has 0 aliphatic rings. The summed E-state index contributed by atoms with van der Waals surface area (Å²) < 4.78 is 10.7. The first kappa shape index (κ1) is 13.2. The molecule has 7 heteroatoms. The summed E-state index contributed by atoms with van der Waals surface area (Å²) in [5.41, 5.74) is 0. The number of hydrogen-bond donors (Lipinski definition) is 0. The molecule has 2 aromatic rings. The molecule has 2 rings (SSSR count). The Balaban J connectivity index is 2.40. The molecule has 0 N–H and O–H groups in total. The minimum atomic E-state index is -0.0441. The van der Waals surface area contributed by atoms with Gasteiger partial charge in [-0.3, -0.25) is 0 Å². The first-order chi connectivity index (χ1) is 8.61. The van der Waals surface area contributed by atoms with E-state index < -0.39 is 0 Å². The minimum absolute atomic E-state index is 0.0332. The van der Waals surface area contributed by atoms with Gasteiger partial charge in [0, 0.05) is 0 Å². The van der Waals surface area contributed by atoms with Crippen LogP contribution in [0.2, 0.25) is 15.6 Å². The predicted octanol–water partition coefficient (Wildman–Crippen LogP) is 4.24. The zero-order valence-corrected chi connectivity index (χ0v) is 11.4. The van der Waals surface area contributed by atoms with Crippen molar-refractivity contribution >= 4 is 34.8 Å². The van der Waals surface area contributed by atoms with Crippen LogP contribution in [0.1, 0.15) is 0 Å². The molecule has 18 heavy (non-hydrogen) atoms. The van der Waals surface area contributed by atoms with Crippen LogP contribution >= 0.6 is 34.8 Å². The fourth-order valence-electron chi connectivity index (χ4n) is 1.27. The third kappa shape index (κ3) is 2.77. The van der Waals surface area contributed by atoms with Crippen LogP contribution in [0.25, 0.3) is 0 Å². The Kier molecular flexibility index (Phi) is 4.11. The van der Waals surface area contributed by atoms with E-state index >= 15 is 0 Å². The average Bonchev–Trinajstić information content (AvgIpc) is 2.34. The highest BCUT2D eigenvalue weighted by atomic mass is 35.5. The maximum atomic E-state index is 5.89. The van der Waals surface area contributed by atoms with Crippen molar-refractivity contribution in [2.45, 2.75) is 0 Å². The summed E-state index contributed by atoms with van der Waals surface area (Å²) in [4.78, 5) is 7.51. The zero-order chi connectivity index (χ0) is 13.1. The number of nitrogens with zero attached hydrogens (tertiary/aromatic N) is 2. The first-order valence-electron chi connectivity index (χ1n) is 4.81. The summed E-state index contributed by atoms with van der Waals surface area (Å²) in [6.07, 6.45) is 0. The van der Waals surface area contributed by atoms with E-state index in [1.165, 1.54) is 7.11 Å². The van der Waals surface area contributed by atoms with Crippen molar-refractivity contribution in [3.8, 4) is 17.2 Å². The largest absolute Gasteiger partial charge is 0.493 e. The highest BCUT2D eigenvalue weighted by Crippen LogP contribution is 2.38. The first-order valence-corrected chi connectivity index (χ1v) is 5.94. The van der Waals surface area contributed by atoms with E-state index in [1.54, 1.807) is 18.2 Å². The van der Waals surface area contributed by atoms with E-state index in [1.807, 2.05) is 6.07 Å². The van der Waals surface area contributed by atoms with Gasteiger partial charge in [-0.05, 0) is 23.7 Å². The Morgan fingerprint density at radius 3 is 2.06 bits per heavy atom. The summed E-state index contributed by atoms with van der Waals surface area (Å²) in [6, 6.07) is 7.05. The van der Waals surface area contributed by atoms with E-state index in [4.69, 9.17) is 44.3 Å². The summed E-state index contributed by atoms with van der Waals surface area (Å²) in [5, 5.41) is 0.0224. The van der Waals surface area contributed by atoms with Crippen LogP contribution < -0.4 is 9.47 Å². The van der Waals surface area contributed by atoms with E-state index in [2.05, 4.69) is 9.97 Å². The van der Waals surface area contributed by atoms with E-state index in [9.17, 15) is 0 Å². The number of methoxy groups -OCH3 is 1. The van der Waals surface area contributed by atoms with Gasteiger partial charge in [0.2, 0.25) is 11.0 Å². The minimum Gasteiger partial charge on any atom is -0.493 e. The summed E-state index contributed by atoms with van der Waals surface area (Å²) in [7, 11) is 1.53. The summed E-state index contributed by atoms with van der Waals surface area (Å²) >= 11 is 17.4. The van der Waals surface area contributed by atoms with Crippen LogP contribution in [0.5, 0.6) is 17.2 Å². The molecule has 0 spiro atoms. The molecule has 0 aliphatic carbocycles. The number of hydrogen-bond acceptors (Lipinski definition) is 4. The second kappa shape index (κ2) is 5.61. The number of benzene rings is 1. The smallest absolute Gasteiger partial charge is 0.225 e. The van der Waals surface area contributed by atoms with Gasteiger partial charge in [0.05, 0.1) is 7.11 Å². The van der Waals surface area contributed by atoms with Crippen LogP contribution in [0.3, 0.4) is 0 Å². The van der Waals surface area contributed by atoms with E-state index in [0.717, 1.165) is 0 Å². The van der Waals surface area contributed by atoms with Crippen molar-refractivity contribution in [3.05, 3.63) is 39.9 Å². The van der Waals surface area contributed by atoms with Crippen molar-refractivity contribution in [1.82, 2.24) is 9.97 Å². The molecule has 0 saturated heterocycles. The van der Waals surface area contributed by atoms with E-state index in [-0.39, 0.29) is 21.3 Å². The van der Waals surface area contributed by atoms with Gasteiger partial charge in [-0.15, -0.1) is 0 Å². The maximum absolute atomic E-state index is 5.89. The lowest BCUT2D eigenvalue weighted by Crippen LogP contribution is -1.94. The zero-order valence-electron chi connectivity index (χ0n) is 9.15. The maximum Gasteiger partial charge on any atom is 0.225 e. The van der Waals surface area contributed by atoms with Gasteiger partial charge >= 0.3 is 0 Å². The molecule has 0 unspecified atom stereocenters. The molecule has 0 amide bonds. The third-order valence-corrected chi connectivity index (χ3v) is 2.72. The highest BCUT2D eigenvalue weighted by molar-refractivity contribution is 6.37. The molecule has 0 saturated carbocycles. The molecule has 1 heterocycles. The Morgan fingerprint density at radius 2 is 1.50 bits per heavy atom. The van der Waals surface area contributed by atoms with Crippen LogP contribution in [-0.4, -0.2) is 17.1 Å². The Hall–Kier alpha value is -1.23. The van der Waals surface area contributed by atoms with Crippen molar-refractivity contribution in [2.24, 2.45) is 0 Å². The van der Waals surface area contributed by atoms with Crippen LogP contribution in [0.4, 0.5) is 0 Å². The molecule has 1 aromatic carbocycles. The third-order valence-electron chi connectivity index (χ3n) is 2.04. The normalized spacial score (nSPS) is 10.2. The van der Waals surface area contributed by atoms with Crippen molar-refractivity contribution in [3.63, 3.8) is 0 Å². The molecule has 94 valence electrons. The van der Waals surface area contributed by atoms with Gasteiger partial charge in [0.1, 0.15) is 0 Å². The molecular weight excluding hydrogens is 298 g/mol. The van der Waals surface area contributed by atoms with Gasteiger partial charge < -0.3 is 9.47 Å². The van der Waals surface area contributed by atoms with Gasteiger partial charge in [0.15, 0.2) is 21.8 Å². The molecule has 4 nitrogen and oxygen atoms in total. The van der Waals surface area contributed by atoms with Gasteiger partial charge in [-0.25, -0.2) is 9.97 Å². The second-order valence-corrected chi connectivity index (χ2v) is 4.21.